The largest absolute Gasteiger partial charge is 0.496 e. The SMILES string of the molecule is COc1ccc(C)cc1/C=C/C(=O)N1CCC[C@@H](C(=O)O)C1. The van der Waals surface area contributed by atoms with Gasteiger partial charge in [0, 0.05) is 24.7 Å². The van der Waals surface area contributed by atoms with Gasteiger partial charge in [0.15, 0.2) is 0 Å². The summed E-state index contributed by atoms with van der Waals surface area (Å²) >= 11 is 0. The zero-order valence-electron chi connectivity index (χ0n) is 12.9. The number of carboxylic acids is 1. The Labute approximate surface area is 130 Å². The molecular formula is C17H21NO4. The standard InChI is InChI=1S/C17H21NO4/c1-12-5-7-15(22-2)13(10-12)6-8-16(19)18-9-3-4-14(11-18)17(20)21/h5-8,10,14H,3-4,9,11H2,1-2H3,(H,20,21)/b8-6+/t14-/m1/s1. The zero-order chi connectivity index (χ0) is 16.1. The summed E-state index contributed by atoms with van der Waals surface area (Å²) < 4.78 is 5.27. The predicted molar refractivity (Wildman–Crippen MR) is 83.7 cm³/mol. The molecule has 0 aromatic heterocycles. The predicted octanol–water partition coefficient (Wildman–Crippen LogP) is 2.34. The Morgan fingerprint density at radius 1 is 1.41 bits per heavy atom. The van der Waals surface area contributed by atoms with E-state index in [9.17, 15) is 9.59 Å². The fraction of sp³-hybridized carbons (Fsp3) is 0.412. The van der Waals surface area contributed by atoms with Gasteiger partial charge in [-0.2, -0.15) is 0 Å². The third kappa shape index (κ3) is 3.87. The van der Waals surface area contributed by atoms with Gasteiger partial charge in [-0.1, -0.05) is 11.6 Å². The van der Waals surface area contributed by atoms with Gasteiger partial charge in [-0.15, -0.1) is 0 Å². The summed E-state index contributed by atoms with van der Waals surface area (Å²) in [6, 6.07) is 5.75. The number of ether oxygens (including phenoxy) is 1. The number of carboxylic acid groups (broad SMARTS) is 1. The Morgan fingerprint density at radius 3 is 2.86 bits per heavy atom. The molecule has 0 radical (unpaired) electrons. The normalized spacial score (nSPS) is 18.5. The Morgan fingerprint density at radius 2 is 2.18 bits per heavy atom. The van der Waals surface area contributed by atoms with Crippen LogP contribution in [0.15, 0.2) is 24.3 Å². The second-order valence-electron chi connectivity index (χ2n) is 5.54. The molecule has 118 valence electrons. The summed E-state index contributed by atoms with van der Waals surface area (Å²) in [6.07, 6.45) is 4.57. The van der Waals surface area contributed by atoms with Crippen LogP contribution in [0.2, 0.25) is 0 Å². The van der Waals surface area contributed by atoms with Crippen molar-refractivity contribution in [2.75, 3.05) is 20.2 Å². The maximum atomic E-state index is 12.2. The molecule has 0 aliphatic carbocycles. The van der Waals surface area contributed by atoms with Gasteiger partial charge in [0.25, 0.3) is 0 Å². The molecule has 1 aliphatic heterocycles. The van der Waals surface area contributed by atoms with E-state index in [0.717, 1.165) is 17.5 Å². The highest BCUT2D eigenvalue weighted by atomic mass is 16.5. The van der Waals surface area contributed by atoms with E-state index in [4.69, 9.17) is 9.84 Å². The lowest BCUT2D eigenvalue weighted by atomic mass is 9.98. The molecule has 1 aromatic carbocycles. The number of amides is 1. The minimum atomic E-state index is -0.832. The lowest BCUT2D eigenvalue weighted by molar-refractivity contribution is -0.144. The number of likely N-dealkylation sites (tertiary alicyclic amines) is 1. The van der Waals surface area contributed by atoms with Crippen molar-refractivity contribution in [1.29, 1.82) is 0 Å². The van der Waals surface area contributed by atoms with E-state index >= 15 is 0 Å². The molecule has 0 spiro atoms. The molecule has 0 unspecified atom stereocenters. The van der Waals surface area contributed by atoms with Crippen LogP contribution in [0.25, 0.3) is 6.08 Å². The number of nitrogens with zero attached hydrogens (tertiary/aromatic N) is 1. The molecule has 5 nitrogen and oxygen atoms in total. The number of aliphatic carboxylic acids is 1. The first-order chi connectivity index (χ1) is 10.5. The average Bonchev–Trinajstić information content (AvgIpc) is 2.52. The van der Waals surface area contributed by atoms with Crippen LogP contribution in [0.4, 0.5) is 0 Å². The van der Waals surface area contributed by atoms with Gasteiger partial charge >= 0.3 is 5.97 Å². The molecule has 22 heavy (non-hydrogen) atoms. The Bertz CT molecular complexity index is 594. The number of benzene rings is 1. The Balaban J connectivity index is 2.08. The van der Waals surface area contributed by atoms with Gasteiger partial charge in [-0.3, -0.25) is 9.59 Å². The molecule has 1 aliphatic rings. The Hall–Kier alpha value is -2.30. The molecule has 1 atom stereocenters. The fourth-order valence-corrected chi connectivity index (χ4v) is 2.63. The highest BCUT2D eigenvalue weighted by Gasteiger charge is 2.27. The average molecular weight is 303 g/mol. The van der Waals surface area contributed by atoms with Gasteiger partial charge < -0.3 is 14.7 Å². The molecule has 1 heterocycles. The van der Waals surface area contributed by atoms with Gasteiger partial charge in [0.05, 0.1) is 13.0 Å². The van der Waals surface area contributed by atoms with E-state index < -0.39 is 11.9 Å². The first kappa shape index (κ1) is 16.1. The van der Waals surface area contributed by atoms with Crippen LogP contribution in [-0.2, 0) is 9.59 Å². The summed E-state index contributed by atoms with van der Waals surface area (Å²) in [5.41, 5.74) is 1.92. The number of carbonyl (C=O) groups is 2. The van der Waals surface area contributed by atoms with Crippen molar-refractivity contribution in [2.45, 2.75) is 19.8 Å². The molecule has 1 aromatic rings. The van der Waals surface area contributed by atoms with Crippen LogP contribution >= 0.6 is 0 Å². The number of aryl methyl sites for hydroxylation is 1. The van der Waals surface area contributed by atoms with E-state index in [-0.39, 0.29) is 12.5 Å². The number of methoxy groups -OCH3 is 1. The fourth-order valence-electron chi connectivity index (χ4n) is 2.63. The van der Waals surface area contributed by atoms with E-state index in [0.29, 0.717) is 18.7 Å². The first-order valence-electron chi connectivity index (χ1n) is 7.35. The van der Waals surface area contributed by atoms with Crippen LogP contribution in [0, 0.1) is 12.8 Å². The molecule has 0 bridgehead atoms. The van der Waals surface area contributed by atoms with Gasteiger partial charge in [0.2, 0.25) is 5.91 Å². The first-order valence-corrected chi connectivity index (χ1v) is 7.35. The van der Waals surface area contributed by atoms with Crippen molar-refractivity contribution < 1.29 is 19.4 Å². The van der Waals surface area contributed by atoms with Crippen LogP contribution in [0.1, 0.15) is 24.0 Å². The number of rotatable bonds is 4. The van der Waals surface area contributed by atoms with Crippen LogP contribution in [0.5, 0.6) is 5.75 Å². The molecule has 1 fully saturated rings. The lowest BCUT2D eigenvalue weighted by Crippen LogP contribution is -2.41. The highest BCUT2D eigenvalue weighted by molar-refractivity contribution is 5.92. The third-order valence-electron chi connectivity index (χ3n) is 3.87. The zero-order valence-corrected chi connectivity index (χ0v) is 12.9. The molecule has 1 amide bonds. The number of piperidine rings is 1. The number of carbonyl (C=O) groups excluding carboxylic acids is 1. The van der Waals surface area contributed by atoms with E-state index in [1.807, 2.05) is 25.1 Å². The molecular weight excluding hydrogens is 282 g/mol. The quantitative estimate of drug-likeness (QED) is 0.867. The van der Waals surface area contributed by atoms with E-state index in [1.165, 1.54) is 6.08 Å². The summed E-state index contributed by atoms with van der Waals surface area (Å²) in [5, 5.41) is 9.07. The smallest absolute Gasteiger partial charge is 0.308 e. The second-order valence-corrected chi connectivity index (χ2v) is 5.54. The second kappa shape index (κ2) is 7.11. The third-order valence-corrected chi connectivity index (χ3v) is 3.87. The molecule has 0 saturated carbocycles. The minimum absolute atomic E-state index is 0.158. The lowest BCUT2D eigenvalue weighted by Gasteiger charge is -2.29. The Kier molecular flexibility index (Phi) is 5.20. The summed E-state index contributed by atoms with van der Waals surface area (Å²) in [7, 11) is 1.59. The summed E-state index contributed by atoms with van der Waals surface area (Å²) in [4.78, 5) is 24.9. The molecule has 2 rings (SSSR count). The van der Waals surface area contributed by atoms with E-state index in [1.54, 1.807) is 18.1 Å². The van der Waals surface area contributed by atoms with Crippen molar-refractivity contribution in [3.8, 4) is 5.75 Å². The number of hydrogen-bond acceptors (Lipinski definition) is 3. The van der Waals surface area contributed by atoms with Crippen LogP contribution < -0.4 is 4.74 Å². The van der Waals surface area contributed by atoms with Crippen molar-refractivity contribution in [1.82, 2.24) is 4.90 Å². The van der Waals surface area contributed by atoms with Gasteiger partial charge in [-0.25, -0.2) is 0 Å². The maximum Gasteiger partial charge on any atom is 0.308 e. The van der Waals surface area contributed by atoms with Crippen molar-refractivity contribution >= 4 is 18.0 Å². The van der Waals surface area contributed by atoms with Crippen LogP contribution in [0.3, 0.4) is 0 Å². The summed E-state index contributed by atoms with van der Waals surface area (Å²) in [6.45, 7) is 2.86. The van der Waals surface area contributed by atoms with Gasteiger partial charge in [-0.05, 0) is 38.0 Å². The van der Waals surface area contributed by atoms with Crippen LogP contribution in [-0.4, -0.2) is 42.1 Å². The minimum Gasteiger partial charge on any atom is -0.496 e. The highest BCUT2D eigenvalue weighted by Crippen LogP contribution is 2.22. The van der Waals surface area contributed by atoms with E-state index in [2.05, 4.69) is 0 Å². The monoisotopic (exact) mass is 303 g/mol. The van der Waals surface area contributed by atoms with Crippen molar-refractivity contribution in [3.63, 3.8) is 0 Å². The maximum absolute atomic E-state index is 12.2. The molecule has 1 saturated heterocycles. The van der Waals surface area contributed by atoms with Crippen molar-refractivity contribution in [3.05, 3.63) is 35.4 Å². The number of hydrogen-bond donors (Lipinski definition) is 1. The topological polar surface area (TPSA) is 66.8 Å². The molecule has 5 heteroatoms. The molecule has 1 N–H and O–H groups in total. The van der Waals surface area contributed by atoms with Gasteiger partial charge in [0.1, 0.15) is 5.75 Å². The summed E-state index contributed by atoms with van der Waals surface area (Å²) in [5.74, 6) is -0.743. The van der Waals surface area contributed by atoms with Crippen molar-refractivity contribution in [2.24, 2.45) is 5.92 Å².